The van der Waals surface area contributed by atoms with Crippen molar-refractivity contribution < 1.29 is 14.3 Å². The van der Waals surface area contributed by atoms with Gasteiger partial charge in [0, 0.05) is 29.6 Å². The number of carbonyl (C=O) groups is 1. The molecular formula is C21H22N4O3. The maximum Gasteiger partial charge on any atom is 0.319 e. The summed E-state index contributed by atoms with van der Waals surface area (Å²) in [5.74, 6) is 1.33. The molecule has 28 heavy (non-hydrogen) atoms. The third-order valence-electron chi connectivity index (χ3n) is 4.67. The Morgan fingerprint density at radius 1 is 1.07 bits per heavy atom. The third-order valence-corrected chi connectivity index (χ3v) is 4.67. The molecule has 4 rings (SSSR count). The van der Waals surface area contributed by atoms with Gasteiger partial charge in [0.05, 0.1) is 11.4 Å². The molecule has 144 valence electrons. The van der Waals surface area contributed by atoms with Crippen LogP contribution in [0.5, 0.6) is 11.5 Å². The molecule has 2 aromatic carbocycles. The van der Waals surface area contributed by atoms with Gasteiger partial charge in [0.1, 0.15) is 13.2 Å². The quantitative estimate of drug-likeness (QED) is 0.727. The predicted octanol–water partition coefficient (Wildman–Crippen LogP) is 3.58. The molecule has 1 aliphatic heterocycles. The van der Waals surface area contributed by atoms with Gasteiger partial charge in [-0.05, 0) is 38.1 Å². The first-order valence-corrected chi connectivity index (χ1v) is 9.17. The molecule has 2 N–H and O–H groups in total. The molecule has 0 saturated carbocycles. The van der Waals surface area contributed by atoms with Crippen LogP contribution >= 0.6 is 0 Å². The smallest absolute Gasteiger partial charge is 0.319 e. The molecule has 0 aliphatic carbocycles. The molecule has 0 radical (unpaired) electrons. The highest BCUT2D eigenvalue weighted by molar-refractivity contribution is 5.89. The van der Waals surface area contributed by atoms with Gasteiger partial charge < -0.3 is 20.1 Å². The lowest BCUT2D eigenvalue weighted by molar-refractivity contribution is 0.171. The molecule has 7 nitrogen and oxygen atoms in total. The lowest BCUT2D eigenvalue weighted by atomic mass is 10.2. The Kier molecular flexibility index (Phi) is 4.89. The summed E-state index contributed by atoms with van der Waals surface area (Å²) in [5.41, 5.74) is 4.54. The van der Waals surface area contributed by atoms with E-state index < -0.39 is 0 Å². The Morgan fingerprint density at radius 2 is 1.82 bits per heavy atom. The molecule has 2 heterocycles. The number of carbonyl (C=O) groups excluding carboxylic acids is 1. The van der Waals surface area contributed by atoms with Gasteiger partial charge in [0.25, 0.3) is 0 Å². The molecule has 3 aromatic rings. The van der Waals surface area contributed by atoms with E-state index in [1.165, 1.54) is 0 Å². The molecule has 0 saturated heterocycles. The van der Waals surface area contributed by atoms with Crippen molar-refractivity contribution in [2.75, 3.05) is 18.5 Å². The van der Waals surface area contributed by atoms with Crippen LogP contribution in [0.15, 0.2) is 48.5 Å². The number of urea groups is 1. The van der Waals surface area contributed by atoms with E-state index in [1.54, 1.807) is 18.2 Å². The topological polar surface area (TPSA) is 77.4 Å². The van der Waals surface area contributed by atoms with Crippen molar-refractivity contribution in [2.24, 2.45) is 0 Å². The van der Waals surface area contributed by atoms with Crippen LogP contribution in [0.2, 0.25) is 0 Å². The second-order valence-corrected chi connectivity index (χ2v) is 6.56. The first-order valence-electron chi connectivity index (χ1n) is 9.17. The molecule has 7 heteroatoms. The number of anilines is 1. The van der Waals surface area contributed by atoms with E-state index in [1.807, 2.05) is 48.9 Å². The Hall–Kier alpha value is -3.48. The molecule has 0 bridgehead atoms. The molecule has 0 unspecified atom stereocenters. The Labute approximate surface area is 163 Å². The SMILES string of the molecule is Cc1nn(-c2ccccc2)c(C)c1CNC(=O)Nc1ccc2c(c1)OCCO2. The van der Waals surface area contributed by atoms with Crippen molar-refractivity contribution in [1.29, 1.82) is 0 Å². The minimum Gasteiger partial charge on any atom is -0.486 e. The van der Waals surface area contributed by atoms with Crippen molar-refractivity contribution in [3.63, 3.8) is 0 Å². The second kappa shape index (κ2) is 7.64. The van der Waals surface area contributed by atoms with E-state index in [9.17, 15) is 4.79 Å². The second-order valence-electron chi connectivity index (χ2n) is 6.56. The predicted molar refractivity (Wildman–Crippen MR) is 106 cm³/mol. The summed E-state index contributed by atoms with van der Waals surface area (Å²) in [4.78, 5) is 12.3. The fraction of sp³-hybridized carbons (Fsp3) is 0.238. The van der Waals surface area contributed by atoms with Gasteiger partial charge in [-0.25, -0.2) is 9.48 Å². The molecular weight excluding hydrogens is 356 g/mol. The summed E-state index contributed by atoms with van der Waals surface area (Å²) in [6.07, 6.45) is 0. The van der Waals surface area contributed by atoms with Crippen LogP contribution in [0.4, 0.5) is 10.5 Å². The minimum absolute atomic E-state index is 0.289. The van der Waals surface area contributed by atoms with Gasteiger partial charge in [0.2, 0.25) is 0 Å². The number of nitrogens with one attached hydrogen (secondary N) is 2. The maximum atomic E-state index is 12.3. The fourth-order valence-corrected chi connectivity index (χ4v) is 3.22. The number of hydrogen-bond acceptors (Lipinski definition) is 4. The third kappa shape index (κ3) is 3.64. The van der Waals surface area contributed by atoms with Gasteiger partial charge >= 0.3 is 6.03 Å². The molecule has 1 aliphatic rings. The zero-order chi connectivity index (χ0) is 19.5. The summed E-state index contributed by atoms with van der Waals surface area (Å²) in [7, 11) is 0. The van der Waals surface area contributed by atoms with Crippen LogP contribution in [0.25, 0.3) is 5.69 Å². The summed E-state index contributed by atoms with van der Waals surface area (Å²) in [6, 6.07) is 15.0. The number of aryl methyl sites for hydroxylation is 1. The number of aromatic nitrogens is 2. The monoisotopic (exact) mass is 378 g/mol. The molecule has 0 fully saturated rings. The van der Waals surface area contributed by atoms with Crippen LogP contribution in [0.1, 0.15) is 17.0 Å². The Balaban J connectivity index is 1.42. The molecule has 1 aromatic heterocycles. The summed E-state index contributed by atoms with van der Waals surface area (Å²) in [6.45, 7) is 5.38. The summed E-state index contributed by atoms with van der Waals surface area (Å²) in [5, 5.41) is 10.3. The lowest BCUT2D eigenvalue weighted by Crippen LogP contribution is -2.28. The van der Waals surface area contributed by atoms with Gasteiger partial charge in [-0.1, -0.05) is 18.2 Å². The normalized spacial score (nSPS) is 12.5. The number of fused-ring (bicyclic) bond motifs is 1. The van der Waals surface area contributed by atoms with Gasteiger partial charge in [-0.2, -0.15) is 5.10 Å². The zero-order valence-electron chi connectivity index (χ0n) is 15.9. The Morgan fingerprint density at radius 3 is 2.61 bits per heavy atom. The standard InChI is InChI=1S/C21H22N4O3/c1-14-18(15(2)25(24-14)17-6-4-3-5-7-17)13-22-21(26)23-16-8-9-19-20(12-16)28-11-10-27-19/h3-9,12H,10-11,13H2,1-2H3,(H2,22,23,26). The molecule has 0 spiro atoms. The Bertz CT molecular complexity index is 998. The van der Waals surface area contributed by atoms with Gasteiger partial charge in [0.15, 0.2) is 11.5 Å². The van der Waals surface area contributed by atoms with Crippen LogP contribution in [-0.4, -0.2) is 29.0 Å². The fourth-order valence-electron chi connectivity index (χ4n) is 3.22. The molecule has 2 amide bonds. The number of ether oxygens (including phenoxy) is 2. The van der Waals surface area contributed by atoms with Crippen molar-refractivity contribution in [3.05, 3.63) is 65.5 Å². The van der Waals surface area contributed by atoms with E-state index >= 15 is 0 Å². The van der Waals surface area contributed by atoms with Gasteiger partial charge in [-0.15, -0.1) is 0 Å². The molecule has 0 atom stereocenters. The van der Waals surface area contributed by atoms with Crippen molar-refractivity contribution in [3.8, 4) is 17.2 Å². The van der Waals surface area contributed by atoms with Crippen molar-refractivity contribution >= 4 is 11.7 Å². The summed E-state index contributed by atoms with van der Waals surface area (Å²) < 4.78 is 12.9. The number of para-hydroxylation sites is 1. The highest BCUT2D eigenvalue weighted by atomic mass is 16.6. The highest BCUT2D eigenvalue weighted by Crippen LogP contribution is 2.32. The first-order chi connectivity index (χ1) is 13.6. The minimum atomic E-state index is -0.289. The van der Waals surface area contributed by atoms with E-state index in [4.69, 9.17) is 9.47 Å². The van der Waals surface area contributed by atoms with Crippen LogP contribution in [-0.2, 0) is 6.54 Å². The van der Waals surface area contributed by atoms with E-state index in [2.05, 4.69) is 15.7 Å². The first kappa shape index (κ1) is 17.9. The zero-order valence-corrected chi connectivity index (χ0v) is 15.9. The maximum absolute atomic E-state index is 12.3. The average molecular weight is 378 g/mol. The van der Waals surface area contributed by atoms with Crippen LogP contribution in [0, 0.1) is 13.8 Å². The van der Waals surface area contributed by atoms with E-state index in [-0.39, 0.29) is 6.03 Å². The number of rotatable bonds is 4. The summed E-state index contributed by atoms with van der Waals surface area (Å²) >= 11 is 0. The van der Waals surface area contributed by atoms with Crippen molar-refractivity contribution in [1.82, 2.24) is 15.1 Å². The average Bonchev–Trinajstić information content (AvgIpc) is 3.00. The number of amides is 2. The van der Waals surface area contributed by atoms with E-state index in [0.717, 1.165) is 22.6 Å². The van der Waals surface area contributed by atoms with Crippen molar-refractivity contribution in [2.45, 2.75) is 20.4 Å². The van der Waals surface area contributed by atoms with E-state index in [0.29, 0.717) is 36.9 Å². The largest absolute Gasteiger partial charge is 0.486 e. The van der Waals surface area contributed by atoms with Crippen LogP contribution < -0.4 is 20.1 Å². The number of nitrogens with zero attached hydrogens (tertiary/aromatic N) is 2. The van der Waals surface area contributed by atoms with Crippen LogP contribution in [0.3, 0.4) is 0 Å². The highest BCUT2D eigenvalue weighted by Gasteiger charge is 2.15. The number of benzene rings is 2. The van der Waals surface area contributed by atoms with Gasteiger partial charge in [-0.3, -0.25) is 0 Å². The lowest BCUT2D eigenvalue weighted by Gasteiger charge is -2.19. The number of hydrogen-bond donors (Lipinski definition) is 2.